The van der Waals surface area contributed by atoms with Crippen LogP contribution in [0.3, 0.4) is 0 Å². The zero-order valence-electron chi connectivity index (χ0n) is 23.2. The molecule has 1 aromatic heterocycles. The maximum atomic E-state index is 12.8. The summed E-state index contributed by atoms with van der Waals surface area (Å²) >= 11 is 0. The summed E-state index contributed by atoms with van der Waals surface area (Å²) in [7, 11) is -3.38. The highest BCUT2D eigenvalue weighted by atomic mass is 32.2. The number of hydrogen-bond donors (Lipinski definition) is 3. The van der Waals surface area contributed by atoms with Gasteiger partial charge in [0, 0.05) is 18.8 Å². The highest BCUT2D eigenvalue weighted by Crippen LogP contribution is 2.20. The van der Waals surface area contributed by atoms with Crippen LogP contribution in [0, 0.1) is 0 Å². The number of sulfonamides is 1. The molecule has 2 amide bonds. The molecule has 0 spiro atoms. The number of ether oxygens (including phenoxy) is 2. The summed E-state index contributed by atoms with van der Waals surface area (Å²) in [5.41, 5.74) is 7.03. The van der Waals surface area contributed by atoms with Gasteiger partial charge in [-0.2, -0.15) is 0 Å². The number of nitrogens with one attached hydrogen (secondary N) is 2. The number of aromatic nitrogens is 3. The standard InChI is InChI=1S/C27H35N7O6S/c1-27(2,28)25(35)29-22(18-39-16-19-7-5-4-6-8-19)24-31-30-23-15-33(13-14-34(23)24)26(36)40-17-20-9-11-21(12-10-20)32-41(3,37)38/h4-12,22,32H,13-18,28H2,1-3H3,(H,29,35)/t22-/m1/s1. The Morgan fingerprint density at radius 2 is 1.71 bits per heavy atom. The fraction of sp³-hybridized carbons (Fsp3) is 0.407. The smallest absolute Gasteiger partial charge is 0.410 e. The minimum Gasteiger partial charge on any atom is -0.445 e. The van der Waals surface area contributed by atoms with Gasteiger partial charge in [-0.05, 0) is 37.1 Å². The van der Waals surface area contributed by atoms with Crippen LogP contribution in [0.5, 0.6) is 0 Å². The summed E-state index contributed by atoms with van der Waals surface area (Å²) < 4.78 is 38.4. The van der Waals surface area contributed by atoms with Crippen molar-refractivity contribution in [3.8, 4) is 0 Å². The zero-order valence-corrected chi connectivity index (χ0v) is 24.1. The summed E-state index contributed by atoms with van der Waals surface area (Å²) in [5, 5.41) is 11.5. The van der Waals surface area contributed by atoms with E-state index in [1.807, 2.05) is 34.9 Å². The predicted octanol–water partition coefficient (Wildman–Crippen LogP) is 1.91. The predicted molar refractivity (Wildman–Crippen MR) is 151 cm³/mol. The molecular formula is C27H35N7O6S. The minimum atomic E-state index is -3.38. The van der Waals surface area contributed by atoms with Gasteiger partial charge in [-0.1, -0.05) is 42.5 Å². The molecule has 0 bridgehead atoms. The zero-order chi connectivity index (χ0) is 29.6. The molecule has 0 fully saturated rings. The first-order valence-electron chi connectivity index (χ1n) is 13.0. The molecular weight excluding hydrogens is 550 g/mol. The lowest BCUT2D eigenvalue weighted by Gasteiger charge is -2.29. The summed E-state index contributed by atoms with van der Waals surface area (Å²) in [5.74, 6) is 0.708. The molecule has 41 heavy (non-hydrogen) atoms. The van der Waals surface area contributed by atoms with Crippen LogP contribution in [0.1, 0.15) is 42.7 Å². The fourth-order valence-corrected chi connectivity index (χ4v) is 4.67. The first-order valence-corrected chi connectivity index (χ1v) is 14.9. The largest absolute Gasteiger partial charge is 0.445 e. The topological polar surface area (TPSA) is 171 Å². The maximum Gasteiger partial charge on any atom is 0.410 e. The van der Waals surface area contributed by atoms with Crippen molar-refractivity contribution in [2.24, 2.45) is 5.73 Å². The minimum absolute atomic E-state index is 0.0220. The van der Waals surface area contributed by atoms with Crippen LogP contribution in [0.4, 0.5) is 10.5 Å². The average molecular weight is 586 g/mol. The number of rotatable bonds is 11. The van der Waals surface area contributed by atoms with Gasteiger partial charge < -0.3 is 25.1 Å². The SMILES string of the molecule is CC(C)(N)C(=O)N[C@H](COCc1ccccc1)c1nnc2n1CCN(C(=O)OCc1ccc(NS(C)(=O)=O)cc1)C2. The van der Waals surface area contributed by atoms with E-state index in [0.717, 1.165) is 11.8 Å². The number of hydrogen-bond acceptors (Lipinski definition) is 9. The number of nitrogens with two attached hydrogens (primary N) is 1. The molecule has 220 valence electrons. The van der Waals surface area contributed by atoms with Crippen molar-refractivity contribution in [2.45, 2.75) is 51.7 Å². The van der Waals surface area contributed by atoms with Crippen molar-refractivity contribution >= 4 is 27.7 Å². The summed E-state index contributed by atoms with van der Waals surface area (Å²) in [6.07, 6.45) is 0.558. The molecule has 0 saturated heterocycles. The molecule has 0 radical (unpaired) electrons. The van der Waals surface area contributed by atoms with Crippen LogP contribution < -0.4 is 15.8 Å². The van der Waals surface area contributed by atoms with E-state index in [1.54, 1.807) is 38.1 Å². The third-order valence-corrected chi connectivity index (χ3v) is 6.86. The Balaban J connectivity index is 1.38. The summed E-state index contributed by atoms with van der Waals surface area (Å²) in [4.78, 5) is 27.0. The van der Waals surface area contributed by atoms with E-state index >= 15 is 0 Å². The van der Waals surface area contributed by atoms with Gasteiger partial charge in [0.15, 0.2) is 11.6 Å². The van der Waals surface area contributed by atoms with Gasteiger partial charge in [-0.15, -0.1) is 10.2 Å². The van der Waals surface area contributed by atoms with E-state index in [0.29, 0.717) is 42.6 Å². The average Bonchev–Trinajstić information content (AvgIpc) is 3.34. The monoisotopic (exact) mass is 585 g/mol. The van der Waals surface area contributed by atoms with Gasteiger partial charge in [-0.25, -0.2) is 13.2 Å². The van der Waals surface area contributed by atoms with Crippen LogP contribution in [-0.2, 0) is 50.6 Å². The Morgan fingerprint density at radius 1 is 1.02 bits per heavy atom. The van der Waals surface area contributed by atoms with E-state index in [-0.39, 0.29) is 25.7 Å². The number of carbonyl (C=O) groups excluding carboxylic acids is 2. The molecule has 2 heterocycles. The van der Waals surface area contributed by atoms with Gasteiger partial charge in [0.1, 0.15) is 12.6 Å². The molecule has 1 atom stereocenters. The molecule has 0 aliphatic carbocycles. The van der Waals surface area contributed by atoms with E-state index in [1.165, 1.54) is 4.90 Å². The van der Waals surface area contributed by atoms with Crippen LogP contribution in [0.2, 0.25) is 0 Å². The molecule has 3 aromatic rings. The second-order valence-electron chi connectivity index (χ2n) is 10.4. The molecule has 2 aromatic carbocycles. The maximum absolute atomic E-state index is 12.8. The Morgan fingerprint density at radius 3 is 2.37 bits per heavy atom. The van der Waals surface area contributed by atoms with Gasteiger partial charge in [0.05, 0.1) is 31.6 Å². The molecule has 0 saturated carbocycles. The Bertz CT molecular complexity index is 1450. The molecule has 4 rings (SSSR count). The van der Waals surface area contributed by atoms with Crippen molar-refractivity contribution in [1.82, 2.24) is 25.0 Å². The second-order valence-corrected chi connectivity index (χ2v) is 12.2. The van der Waals surface area contributed by atoms with Crippen molar-refractivity contribution < 1.29 is 27.5 Å². The summed E-state index contributed by atoms with van der Waals surface area (Å²) in [6, 6.07) is 15.6. The first kappa shape index (κ1) is 30.0. The molecule has 0 unspecified atom stereocenters. The molecule has 14 heteroatoms. The quantitative estimate of drug-likeness (QED) is 0.304. The van der Waals surface area contributed by atoms with E-state index < -0.39 is 27.7 Å². The second kappa shape index (κ2) is 12.7. The number of benzene rings is 2. The van der Waals surface area contributed by atoms with Gasteiger partial charge in [0.25, 0.3) is 0 Å². The lowest BCUT2D eigenvalue weighted by Crippen LogP contribution is -2.51. The lowest BCUT2D eigenvalue weighted by atomic mass is 10.1. The number of fused-ring (bicyclic) bond motifs is 1. The Kier molecular flexibility index (Phi) is 9.25. The molecule has 4 N–H and O–H groups in total. The van der Waals surface area contributed by atoms with Crippen molar-refractivity contribution in [3.05, 3.63) is 77.4 Å². The normalized spacial score (nSPS) is 14.2. The number of nitrogens with zero attached hydrogens (tertiary/aromatic N) is 4. The molecule has 1 aliphatic heterocycles. The van der Waals surface area contributed by atoms with E-state index in [9.17, 15) is 18.0 Å². The van der Waals surface area contributed by atoms with Gasteiger partial charge in [-0.3, -0.25) is 14.4 Å². The van der Waals surface area contributed by atoms with Crippen LogP contribution >= 0.6 is 0 Å². The highest BCUT2D eigenvalue weighted by Gasteiger charge is 2.31. The van der Waals surface area contributed by atoms with Crippen molar-refractivity contribution in [1.29, 1.82) is 0 Å². The van der Waals surface area contributed by atoms with E-state index in [2.05, 4.69) is 20.2 Å². The Hall–Kier alpha value is -4.01. The van der Waals surface area contributed by atoms with Gasteiger partial charge in [0.2, 0.25) is 15.9 Å². The highest BCUT2D eigenvalue weighted by molar-refractivity contribution is 7.92. The Labute approximate surface area is 239 Å². The first-order chi connectivity index (χ1) is 19.4. The summed E-state index contributed by atoms with van der Waals surface area (Å²) in [6.45, 7) is 4.69. The van der Waals surface area contributed by atoms with Crippen LogP contribution in [0.25, 0.3) is 0 Å². The fourth-order valence-electron chi connectivity index (χ4n) is 4.11. The third kappa shape index (κ3) is 8.49. The number of amides is 2. The van der Waals surface area contributed by atoms with Crippen molar-refractivity contribution in [3.63, 3.8) is 0 Å². The van der Waals surface area contributed by atoms with Crippen LogP contribution in [-0.4, -0.2) is 65.0 Å². The van der Waals surface area contributed by atoms with Crippen molar-refractivity contribution in [2.75, 3.05) is 24.1 Å². The lowest BCUT2D eigenvalue weighted by molar-refractivity contribution is -0.126. The van der Waals surface area contributed by atoms with Gasteiger partial charge >= 0.3 is 6.09 Å². The third-order valence-electron chi connectivity index (χ3n) is 6.26. The van der Waals surface area contributed by atoms with E-state index in [4.69, 9.17) is 15.2 Å². The molecule has 13 nitrogen and oxygen atoms in total. The number of anilines is 1. The molecule has 1 aliphatic rings. The van der Waals surface area contributed by atoms with Crippen LogP contribution in [0.15, 0.2) is 54.6 Å². The number of carbonyl (C=O) groups is 2.